The topological polar surface area (TPSA) is 46.1 Å². The van der Waals surface area contributed by atoms with E-state index in [1.807, 2.05) is 55.5 Å². The number of benzene rings is 2. The molecule has 0 atom stereocenters. The van der Waals surface area contributed by atoms with Crippen LogP contribution in [0.25, 0.3) is 0 Å². The Bertz CT molecular complexity index is 817. The van der Waals surface area contributed by atoms with Gasteiger partial charge in [-0.1, -0.05) is 41.4 Å². The van der Waals surface area contributed by atoms with Gasteiger partial charge in [-0.15, -0.1) is 0 Å². The van der Waals surface area contributed by atoms with Gasteiger partial charge in [-0.05, 0) is 36.8 Å². The molecule has 0 aliphatic heterocycles. The van der Waals surface area contributed by atoms with Gasteiger partial charge in [0.25, 0.3) is 5.91 Å². The number of aromatic nitrogens is 2. The second-order valence-corrected chi connectivity index (χ2v) is 5.88. The van der Waals surface area contributed by atoms with Crippen LogP contribution in [0.15, 0.2) is 67.1 Å². The fourth-order valence-corrected chi connectivity index (χ4v) is 2.44. The van der Waals surface area contributed by atoms with E-state index in [-0.39, 0.29) is 5.91 Å². The molecule has 5 heteroatoms. The lowest BCUT2D eigenvalue weighted by Gasteiger charge is -2.21. The van der Waals surface area contributed by atoms with Gasteiger partial charge in [-0.2, -0.15) is 0 Å². The standard InChI is InChI=1S/C19H16ClN3O/c1-14-2-6-16(7-3-14)19(24)23(18-12-21-10-11-22-18)13-15-4-8-17(20)9-5-15/h2-12H,13H2,1H3. The highest BCUT2D eigenvalue weighted by Gasteiger charge is 2.19. The van der Waals surface area contributed by atoms with Gasteiger partial charge >= 0.3 is 0 Å². The van der Waals surface area contributed by atoms with Gasteiger partial charge in [0.05, 0.1) is 12.7 Å². The molecule has 0 fully saturated rings. The van der Waals surface area contributed by atoms with Gasteiger partial charge in [0.1, 0.15) is 0 Å². The van der Waals surface area contributed by atoms with Crippen LogP contribution in [0.2, 0.25) is 5.02 Å². The molecule has 0 aliphatic carbocycles. The molecule has 1 heterocycles. The summed E-state index contributed by atoms with van der Waals surface area (Å²) in [5, 5.41) is 0.662. The highest BCUT2D eigenvalue weighted by molar-refractivity contribution is 6.30. The molecule has 4 nitrogen and oxygen atoms in total. The Kier molecular flexibility index (Phi) is 4.87. The number of carbonyl (C=O) groups excluding carboxylic acids is 1. The fourth-order valence-electron chi connectivity index (χ4n) is 2.31. The Hall–Kier alpha value is -2.72. The van der Waals surface area contributed by atoms with Crippen molar-refractivity contribution in [3.05, 3.63) is 88.8 Å². The predicted octanol–water partition coefficient (Wildman–Crippen LogP) is 4.29. The van der Waals surface area contributed by atoms with Crippen molar-refractivity contribution in [3.63, 3.8) is 0 Å². The summed E-state index contributed by atoms with van der Waals surface area (Å²) >= 11 is 5.94. The Morgan fingerprint density at radius 1 is 1.04 bits per heavy atom. The van der Waals surface area contributed by atoms with E-state index in [9.17, 15) is 4.79 Å². The molecule has 3 aromatic rings. The molecule has 0 aliphatic rings. The van der Waals surface area contributed by atoms with Gasteiger partial charge in [-0.25, -0.2) is 4.98 Å². The zero-order valence-corrected chi connectivity index (χ0v) is 13.9. The molecular weight excluding hydrogens is 322 g/mol. The van der Waals surface area contributed by atoms with Gasteiger partial charge in [0.2, 0.25) is 0 Å². The van der Waals surface area contributed by atoms with Crippen molar-refractivity contribution in [2.45, 2.75) is 13.5 Å². The molecule has 0 spiro atoms. The molecule has 0 unspecified atom stereocenters. The van der Waals surface area contributed by atoms with Crippen LogP contribution in [-0.2, 0) is 6.54 Å². The molecule has 0 saturated heterocycles. The summed E-state index contributed by atoms with van der Waals surface area (Å²) in [4.78, 5) is 22.9. The Morgan fingerprint density at radius 2 is 1.75 bits per heavy atom. The second-order valence-electron chi connectivity index (χ2n) is 5.45. The van der Waals surface area contributed by atoms with Crippen LogP contribution >= 0.6 is 11.6 Å². The highest BCUT2D eigenvalue weighted by Crippen LogP contribution is 2.19. The smallest absolute Gasteiger partial charge is 0.259 e. The highest BCUT2D eigenvalue weighted by atomic mass is 35.5. The normalized spacial score (nSPS) is 10.4. The summed E-state index contributed by atoms with van der Waals surface area (Å²) in [5.41, 5.74) is 2.68. The number of carbonyl (C=O) groups is 1. The number of anilines is 1. The van der Waals surface area contributed by atoms with Gasteiger partial charge in [-0.3, -0.25) is 14.7 Å². The number of hydrogen-bond donors (Lipinski definition) is 0. The lowest BCUT2D eigenvalue weighted by Crippen LogP contribution is -2.31. The van der Waals surface area contributed by atoms with Crippen molar-refractivity contribution in [1.29, 1.82) is 0 Å². The Morgan fingerprint density at radius 3 is 2.38 bits per heavy atom. The van der Waals surface area contributed by atoms with E-state index in [4.69, 9.17) is 11.6 Å². The SMILES string of the molecule is Cc1ccc(C(=O)N(Cc2ccc(Cl)cc2)c2cnccn2)cc1. The maximum Gasteiger partial charge on any atom is 0.259 e. The zero-order valence-electron chi connectivity index (χ0n) is 13.2. The number of rotatable bonds is 4. The van der Waals surface area contributed by atoms with E-state index in [1.54, 1.807) is 23.5 Å². The molecule has 0 radical (unpaired) electrons. The van der Waals surface area contributed by atoms with Crippen molar-refractivity contribution >= 4 is 23.3 Å². The van der Waals surface area contributed by atoms with E-state index in [1.165, 1.54) is 0 Å². The Labute approximate surface area is 145 Å². The Balaban J connectivity index is 1.94. The lowest BCUT2D eigenvalue weighted by molar-refractivity contribution is 0.0984. The van der Waals surface area contributed by atoms with Crippen LogP contribution in [0.1, 0.15) is 21.5 Å². The molecule has 0 bridgehead atoms. The summed E-state index contributed by atoms with van der Waals surface area (Å²) in [6.07, 6.45) is 4.74. The fraction of sp³-hybridized carbons (Fsp3) is 0.105. The summed E-state index contributed by atoms with van der Waals surface area (Å²) in [6.45, 7) is 2.38. The van der Waals surface area contributed by atoms with Crippen LogP contribution < -0.4 is 4.90 Å². The average Bonchev–Trinajstić information content (AvgIpc) is 2.62. The third kappa shape index (κ3) is 3.78. The molecule has 0 saturated carbocycles. The number of halogens is 1. The summed E-state index contributed by atoms with van der Waals surface area (Å²) in [5.74, 6) is 0.392. The molecule has 2 aromatic carbocycles. The van der Waals surface area contributed by atoms with Gasteiger partial charge < -0.3 is 0 Å². The first kappa shape index (κ1) is 16.1. The van der Waals surface area contributed by atoms with E-state index in [2.05, 4.69) is 9.97 Å². The van der Waals surface area contributed by atoms with Crippen LogP contribution in [0.4, 0.5) is 5.82 Å². The first-order valence-corrected chi connectivity index (χ1v) is 7.90. The number of aryl methyl sites for hydroxylation is 1. The summed E-state index contributed by atoms with van der Waals surface area (Å²) in [7, 11) is 0. The van der Waals surface area contributed by atoms with Crippen LogP contribution in [-0.4, -0.2) is 15.9 Å². The summed E-state index contributed by atoms with van der Waals surface area (Å²) < 4.78 is 0. The minimum Gasteiger partial charge on any atom is -0.287 e. The molecule has 0 N–H and O–H groups in total. The van der Waals surface area contributed by atoms with Crippen LogP contribution in [0.5, 0.6) is 0 Å². The van der Waals surface area contributed by atoms with Crippen molar-refractivity contribution in [2.24, 2.45) is 0 Å². The molecule has 3 rings (SSSR count). The quantitative estimate of drug-likeness (QED) is 0.713. The zero-order chi connectivity index (χ0) is 16.9. The molecule has 24 heavy (non-hydrogen) atoms. The minimum absolute atomic E-state index is 0.120. The van der Waals surface area contributed by atoms with E-state index in [0.717, 1.165) is 11.1 Å². The van der Waals surface area contributed by atoms with E-state index >= 15 is 0 Å². The molecule has 120 valence electrons. The first-order valence-electron chi connectivity index (χ1n) is 7.52. The van der Waals surface area contributed by atoms with Crippen molar-refractivity contribution in [3.8, 4) is 0 Å². The molecular formula is C19H16ClN3O. The predicted molar refractivity (Wildman–Crippen MR) is 95.2 cm³/mol. The van der Waals surface area contributed by atoms with Crippen LogP contribution in [0, 0.1) is 6.92 Å². The second kappa shape index (κ2) is 7.23. The number of nitrogens with zero attached hydrogens (tertiary/aromatic N) is 3. The monoisotopic (exact) mass is 337 g/mol. The minimum atomic E-state index is -0.120. The maximum absolute atomic E-state index is 13.0. The maximum atomic E-state index is 13.0. The van der Waals surface area contributed by atoms with Gasteiger partial charge in [0.15, 0.2) is 5.82 Å². The number of hydrogen-bond acceptors (Lipinski definition) is 3. The van der Waals surface area contributed by atoms with Crippen molar-refractivity contribution in [1.82, 2.24) is 9.97 Å². The lowest BCUT2D eigenvalue weighted by atomic mass is 10.1. The third-order valence-electron chi connectivity index (χ3n) is 3.62. The number of amides is 1. The van der Waals surface area contributed by atoms with Crippen molar-refractivity contribution < 1.29 is 4.79 Å². The largest absolute Gasteiger partial charge is 0.287 e. The third-order valence-corrected chi connectivity index (χ3v) is 3.88. The van der Waals surface area contributed by atoms with E-state index in [0.29, 0.717) is 22.9 Å². The van der Waals surface area contributed by atoms with Gasteiger partial charge in [0, 0.05) is 23.0 Å². The first-order chi connectivity index (χ1) is 11.6. The molecule has 1 amide bonds. The van der Waals surface area contributed by atoms with Crippen molar-refractivity contribution in [2.75, 3.05) is 4.90 Å². The summed E-state index contributed by atoms with van der Waals surface area (Å²) in [6, 6.07) is 14.9. The van der Waals surface area contributed by atoms with E-state index < -0.39 is 0 Å². The average molecular weight is 338 g/mol. The molecule has 1 aromatic heterocycles. The van der Waals surface area contributed by atoms with Crippen LogP contribution in [0.3, 0.4) is 0 Å².